The highest BCUT2D eigenvalue weighted by molar-refractivity contribution is 9.10. The molecule has 10 heteroatoms. The van der Waals surface area contributed by atoms with Crippen LogP contribution in [0.2, 0.25) is 20.2 Å². The molecule has 0 fully saturated rings. The van der Waals surface area contributed by atoms with E-state index in [1.54, 1.807) is 30.5 Å². The number of nitrogens with zero attached hydrogens (tertiary/aromatic N) is 1. The lowest BCUT2D eigenvalue weighted by atomic mass is 9.96. The number of aromatic nitrogens is 1. The standard InChI is InChI=1S/C25H17BrCl4F3NO/c26-19-10-14(4-7-17(19)22(35)3-1-2-15-6-9-23(29)34-13-15)5-8-18(25(31,32)33)16-11-20(27)24(30)21(28)12-16/h4-13,18H,1-3H2/b8-5+. The number of benzene rings is 2. The molecule has 2 aromatic carbocycles. The quantitative estimate of drug-likeness (QED) is 0.142. The second kappa shape index (κ2) is 12.1. The van der Waals surface area contributed by atoms with E-state index < -0.39 is 12.1 Å². The van der Waals surface area contributed by atoms with Gasteiger partial charge in [-0.1, -0.05) is 86.6 Å². The molecule has 0 saturated carbocycles. The summed E-state index contributed by atoms with van der Waals surface area (Å²) in [4.78, 5) is 16.6. The van der Waals surface area contributed by atoms with Crippen molar-refractivity contribution in [3.8, 4) is 0 Å². The molecule has 0 spiro atoms. The van der Waals surface area contributed by atoms with E-state index in [-0.39, 0.29) is 26.4 Å². The van der Waals surface area contributed by atoms with Crippen LogP contribution >= 0.6 is 62.3 Å². The summed E-state index contributed by atoms with van der Waals surface area (Å²) in [6.45, 7) is 0. The third-order valence-electron chi connectivity index (χ3n) is 5.15. The van der Waals surface area contributed by atoms with Crippen LogP contribution in [0, 0.1) is 0 Å². The third kappa shape index (κ3) is 7.70. The monoisotopic (exact) mass is 623 g/mol. The molecule has 0 aliphatic rings. The molecule has 0 saturated heterocycles. The first-order chi connectivity index (χ1) is 16.5. The number of allylic oxidation sites excluding steroid dienone is 1. The maximum absolute atomic E-state index is 13.7. The van der Waals surface area contributed by atoms with Crippen molar-refractivity contribution < 1.29 is 18.0 Å². The molecule has 2 nitrogen and oxygen atoms in total. The van der Waals surface area contributed by atoms with Gasteiger partial charge in [-0.15, -0.1) is 0 Å². The van der Waals surface area contributed by atoms with Gasteiger partial charge in [0.1, 0.15) is 5.15 Å². The predicted octanol–water partition coefficient (Wildman–Crippen LogP) is 10.0. The fraction of sp³-hybridized carbons (Fsp3) is 0.200. The van der Waals surface area contributed by atoms with E-state index in [1.165, 1.54) is 6.08 Å². The number of hydrogen-bond donors (Lipinski definition) is 0. The van der Waals surface area contributed by atoms with Gasteiger partial charge in [0.15, 0.2) is 5.78 Å². The maximum Gasteiger partial charge on any atom is 0.399 e. The van der Waals surface area contributed by atoms with Crippen molar-refractivity contribution in [2.24, 2.45) is 0 Å². The van der Waals surface area contributed by atoms with Crippen LogP contribution < -0.4 is 0 Å². The van der Waals surface area contributed by atoms with E-state index in [0.29, 0.717) is 40.0 Å². The van der Waals surface area contributed by atoms with Crippen molar-refractivity contribution >= 4 is 74.2 Å². The highest BCUT2D eigenvalue weighted by Gasteiger charge is 2.39. The van der Waals surface area contributed by atoms with Crippen LogP contribution in [0.25, 0.3) is 6.08 Å². The van der Waals surface area contributed by atoms with Gasteiger partial charge in [0, 0.05) is 22.7 Å². The summed E-state index contributed by atoms with van der Waals surface area (Å²) in [6.07, 6.45) is 1.04. The number of pyridine rings is 1. The summed E-state index contributed by atoms with van der Waals surface area (Å²) >= 11 is 26.8. The molecule has 0 aliphatic carbocycles. The summed E-state index contributed by atoms with van der Waals surface area (Å²) in [7, 11) is 0. The molecule has 3 aromatic rings. The summed E-state index contributed by atoms with van der Waals surface area (Å²) in [5, 5.41) is 0.283. The molecule has 0 aliphatic heterocycles. The third-order valence-corrected chi connectivity index (χ3v) is 7.23. The Morgan fingerprint density at radius 3 is 2.29 bits per heavy atom. The number of aryl methyl sites for hydroxylation is 1. The molecule has 0 amide bonds. The van der Waals surface area contributed by atoms with Crippen LogP contribution in [0.1, 0.15) is 45.8 Å². The van der Waals surface area contributed by atoms with Gasteiger partial charge in [0.25, 0.3) is 0 Å². The number of halogens is 8. The number of rotatable bonds is 8. The predicted molar refractivity (Wildman–Crippen MR) is 140 cm³/mol. The Labute approximate surface area is 229 Å². The average molecular weight is 626 g/mol. The lowest BCUT2D eigenvalue weighted by molar-refractivity contribution is -0.139. The Hall–Kier alpha value is -1.57. The molecule has 1 aromatic heterocycles. The largest absolute Gasteiger partial charge is 0.399 e. The van der Waals surface area contributed by atoms with E-state index in [2.05, 4.69) is 20.9 Å². The first-order valence-electron chi connectivity index (χ1n) is 10.3. The number of hydrogen-bond acceptors (Lipinski definition) is 2. The molecule has 0 bridgehead atoms. The summed E-state index contributed by atoms with van der Waals surface area (Å²) < 4.78 is 41.7. The lowest BCUT2D eigenvalue weighted by Crippen LogP contribution is -2.19. The van der Waals surface area contributed by atoms with Gasteiger partial charge in [0.2, 0.25) is 0 Å². The van der Waals surface area contributed by atoms with Crippen LogP contribution in [0.3, 0.4) is 0 Å². The smallest absolute Gasteiger partial charge is 0.294 e. The zero-order valence-corrected chi connectivity index (χ0v) is 22.5. The topological polar surface area (TPSA) is 30.0 Å². The van der Waals surface area contributed by atoms with E-state index >= 15 is 0 Å². The average Bonchev–Trinajstić information content (AvgIpc) is 2.78. The Morgan fingerprint density at radius 1 is 1.03 bits per heavy atom. The van der Waals surface area contributed by atoms with Gasteiger partial charge < -0.3 is 0 Å². The molecular formula is C25H17BrCl4F3NO. The fourth-order valence-electron chi connectivity index (χ4n) is 3.37. The van der Waals surface area contributed by atoms with Crippen molar-refractivity contribution in [1.82, 2.24) is 4.98 Å². The van der Waals surface area contributed by atoms with Crippen molar-refractivity contribution in [1.29, 1.82) is 0 Å². The summed E-state index contributed by atoms with van der Waals surface area (Å²) in [5.41, 5.74) is 1.79. The lowest BCUT2D eigenvalue weighted by Gasteiger charge is -2.18. The first-order valence-corrected chi connectivity index (χ1v) is 12.6. The second-order valence-corrected chi connectivity index (χ2v) is 10.1. The van der Waals surface area contributed by atoms with Crippen LogP contribution in [-0.4, -0.2) is 16.9 Å². The highest BCUT2D eigenvalue weighted by atomic mass is 79.9. The molecule has 184 valence electrons. The molecule has 1 atom stereocenters. The maximum atomic E-state index is 13.7. The number of carbonyl (C=O) groups excluding carboxylic acids is 1. The minimum Gasteiger partial charge on any atom is -0.294 e. The Kier molecular flexibility index (Phi) is 9.69. The number of ketones is 1. The summed E-state index contributed by atoms with van der Waals surface area (Å²) in [6, 6.07) is 10.6. The van der Waals surface area contributed by atoms with Gasteiger partial charge >= 0.3 is 6.18 Å². The minimum atomic E-state index is -4.58. The normalized spacial score (nSPS) is 12.8. The van der Waals surface area contributed by atoms with Gasteiger partial charge in [-0.25, -0.2) is 4.98 Å². The highest BCUT2D eigenvalue weighted by Crippen LogP contribution is 2.41. The molecule has 3 rings (SSSR count). The number of Topliss-reactive ketones (excluding diaryl/α,β-unsaturated/α-hetero) is 1. The Balaban J connectivity index is 1.72. The summed E-state index contributed by atoms with van der Waals surface area (Å²) in [5.74, 6) is -2.02. The zero-order chi connectivity index (χ0) is 25.8. The second-order valence-electron chi connectivity index (χ2n) is 7.68. The van der Waals surface area contributed by atoms with E-state index in [9.17, 15) is 18.0 Å². The number of alkyl halides is 3. The van der Waals surface area contributed by atoms with Crippen molar-refractivity contribution in [2.45, 2.75) is 31.4 Å². The van der Waals surface area contributed by atoms with E-state index in [0.717, 1.165) is 23.8 Å². The van der Waals surface area contributed by atoms with Gasteiger partial charge in [0.05, 0.1) is 21.0 Å². The van der Waals surface area contributed by atoms with Crippen LogP contribution in [0.5, 0.6) is 0 Å². The van der Waals surface area contributed by atoms with E-state index in [1.807, 2.05) is 6.07 Å². The molecule has 35 heavy (non-hydrogen) atoms. The van der Waals surface area contributed by atoms with Gasteiger partial charge in [-0.2, -0.15) is 13.2 Å². The minimum absolute atomic E-state index is 0.00370. The van der Waals surface area contributed by atoms with Crippen molar-refractivity contribution in [2.75, 3.05) is 0 Å². The molecule has 1 heterocycles. The molecular weight excluding hydrogens is 609 g/mol. The van der Waals surface area contributed by atoms with Gasteiger partial charge in [-0.3, -0.25) is 4.79 Å². The van der Waals surface area contributed by atoms with Crippen LogP contribution in [0.15, 0.2) is 59.2 Å². The molecule has 0 N–H and O–H groups in total. The van der Waals surface area contributed by atoms with Crippen molar-refractivity contribution in [3.63, 3.8) is 0 Å². The van der Waals surface area contributed by atoms with Gasteiger partial charge in [-0.05, 0) is 59.9 Å². The number of carbonyl (C=O) groups is 1. The first kappa shape index (κ1) is 28.0. The van der Waals surface area contributed by atoms with Crippen molar-refractivity contribution in [3.05, 3.63) is 102 Å². The SMILES string of the molecule is O=C(CCCc1ccc(Cl)nc1)c1ccc(/C=C/C(c2cc(Cl)c(Cl)c(Cl)c2)C(F)(F)F)cc1Br. The van der Waals surface area contributed by atoms with Crippen LogP contribution in [-0.2, 0) is 6.42 Å². The fourth-order valence-corrected chi connectivity index (χ4v) is 4.72. The van der Waals surface area contributed by atoms with Crippen LogP contribution in [0.4, 0.5) is 13.2 Å². The zero-order valence-electron chi connectivity index (χ0n) is 17.9. The van der Waals surface area contributed by atoms with E-state index in [4.69, 9.17) is 46.4 Å². The molecule has 1 unspecified atom stereocenters. The molecule has 0 radical (unpaired) electrons. The Morgan fingerprint density at radius 2 is 1.71 bits per heavy atom. The Bertz CT molecular complexity index is 1220.